The van der Waals surface area contributed by atoms with Gasteiger partial charge in [0.2, 0.25) is 0 Å². The number of aliphatic hydroxyl groups is 1. The SMILES string of the molecule is Cc1ccc(C(=O)N[C@@H](CO)CC(C)(C)C)c(F)c1. The average molecular weight is 267 g/mol. The van der Waals surface area contributed by atoms with Crippen LogP contribution in [0.5, 0.6) is 0 Å². The third kappa shape index (κ3) is 4.99. The minimum atomic E-state index is -0.537. The summed E-state index contributed by atoms with van der Waals surface area (Å²) in [6.45, 7) is 7.67. The molecule has 1 amide bonds. The highest BCUT2D eigenvalue weighted by atomic mass is 19.1. The summed E-state index contributed by atoms with van der Waals surface area (Å²) in [6.07, 6.45) is 0.628. The molecule has 19 heavy (non-hydrogen) atoms. The third-order valence-corrected chi connectivity index (χ3v) is 2.78. The normalized spacial score (nSPS) is 13.2. The average Bonchev–Trinajstić information content (AvgIpc) is 2.25. The van der Waals surface area contributed by atoms with Crippen molar-refractivity contribution in [3.05, 3.63) is 35.1 Å². The number of carbonyl (C=O) groups is 1. The van der Waals surface area contributed by atoms with Crippen LogP contribution < -0.4 is 5.32 Å². The Bertz CT molecular complexity index is 452. The maximum atomic E-state index is 13.7. The Morgan fingerprint density at radius 3 is 2.53 bits per heavy atom. The molecule has 0 saturated carbocycles. The van der Waals surface area contributed by atoms with E-state index in [2.05, 4.69) is 5.32 Å². The van der Waals surface area contributed by atoms with Crippen LogP contribution in [0, 0.1) is 18.2 Å². The lowest BCUT2D eigenvalue weighted by molar-refractivity contribution is 0.0893. The van der Waals surface area contributed by atoms with Crippen molar-refractivity contribution < 1.29 is 14.3 Å². The van der Waals surface area contributed by atoms with Crippen molar-refractivity contribution in [3.8, 4) is 0 Å². The number of benzene rings is 1. The second-order valence-corrected chi connectivity index (χ2v) is 6.10. The zero-order chi connectivity index (χ0) is 14.6. The first-order chi connectivity index (χ1) is 8.73. The van der Waals surface area contributed by atoms with Crippen molar-refractivity contribution in [1.29, 1.82) is 0 Å². The molecular formula is C15H22FNO2. The van der Waals surface area contributed by atoms with Crippen molar-refractivity contribution in [1.82, 2.24) is 5.32 Å². The molecule has 0 fully saturated rings. The van der Waals surface area contributed by atoms with Gasteiger partial charge < -0.3 is 10.4 Å². The fourth-order valence-corrected chi connectivity index (χ4v) is 1.97. The topological polar surface area (TPSA) is 49.3 Å². The van der Waals surface area contributed by atoms with Gasteiger partial charge in [-0.2, -0.15) is 0 Å². The van der Waals surface area contributed by atoms with E-state index in [0.717, 1.165) is 5.56 Å². The van der Waals surface area contributed by atoms with Gasteiger partial charge in [0.05, 0.1) is 18.2 Å². The number of hydrogen-bond acceptors (Lipinski definition) is 2. The number of carbonyl (C=O) groups excluding carboxylic acids is 1. The monoisotopic (exact) mass is 267 g/mol. The van der Waals surface area contributed by atoms with E-state index in [1.807, 2.05) is 20.8 Å². The van der Waals surface area contributed by atoms with Crippen LogP contribution in [0.4, 0.5) is 4.39 Å². The molecule has 0 saturated heterocycles. The summed E-state index contributed by atoms with van der Waals surface area (Å²) in [6, 6.07) is 4.11. The summed E-state index contributed by atoms with van der Waals surface area (Å²) in [5.74, 6) is -1.02. The zero-order valence-corrected chi connectivity index (χ0v) is 12.0. The van der Waals surface area contributed by atoms with Crippen molar-refractivity contribution in [3.63, 3.8) is 0 Å². The Kier molecular flexibility index (Phi) is 5.06. The maximum absolute atomic E-state index is 13.7. The highest BCUT2D eigenvalue weighted by Gasteiger charge is 2.21. The summed E-state index contributed by atoms with van der Waals surface area (Å²) in [4.78, 5) is 12.0. The van der Waals surface area contributed by atoms with Crippen molar-refractivity contribution >= 4 is 5.91 Å². The van der Waals surface area contributed by atoms with Crippen LogP contribution in [0.2, 0.25) is 0 Å². The van der Waals surface area contributed by atoms with Gasteiger partial charge in [-0.05, 0) is 36.5 Å². The van der Waals surface area contributed by atoms with Crippen LogP contribution in [0.25, 0.3) is 0 Å². The fourth-order valence-electron chi connectivity index (χ4n) is 1.97. The molecule has 106 valence electrons. The second kappa shape index (κ2) is 6.15. The van der Waals surface area contributed by atoms with E-state index in [1.165, 1.54) is 12.1 Å². The predicted molar refractivity (Wildman–Crippen MR) is 73.5 cm³/mol. The number of amides is 1. The molecule has 0 bridgehead atoms. The molecule has 0 aliphatic heterocycles. The summed E-state index contributed by atoms with van der Waals surface area (Å²) in [5.41, 5.74) is 0.757. The molecule has 0 unspecified atom stereocenters. The first-order valence-electron chi connectivity index (χ1n) is 6.41. The molecule has 1 aromatic rings. The number of hydrogen-bond donors (Lipinski definition) is 2. The van der Waals surface area contributed by atoms with Crippen molar-refractivity contribution in [2.75, 3.05) is 6.61 Å². The molecule has 3 nitrogen and oxygen atoms in total. The van der Waals surface area contributed by atoms with E-state index < -0.39 is 11.7 Å². The molecule has 1 aromatic carbocycles. The summed E-state index contributed by atoms with van der Waals surface area (Å²) in [5, 5.41) is 12.0. The van der Waals surface area contributed by atoms with E-state index in [1.54, 1.807) is 13.0 Å². The molecule has 0 radical (unpaired) electrons. The van der Waals surface area contributed by atoms with E-state index in [0.29, 0.717) is 6.42 Å². The number of aliphatic hydroxyl groups excluding tert-OH is 1. The van der Waals surface area contributed by atoms with E-state index in [9.17, 15) is 14.3 Å². The van der Waals surface area contributed by atoms with Crippen molar-refractivity contribution in [2.45, 2.75) is 40.2 Å². The molecule has 4 heteroatoms. The van der Waals surface area contributed by atoms with Crippen LogP contribution in [0.3, 0.4) is 0 Å². The molecule has 1 atom stereocenters. The van der Waals surface area contributed by atoms with Crippen LogP contribution in [0.15, 0.2) is 18.2 Å². The Morgan fingerprint density at radius 1 is 1.42 bits per heavy atom. The van der Waals surface area contributed by atoms with Gasteiger partial charge in [0.25, 0.3) is 5.91 Å². The molecule has 0 aliphatic rings. The summed E-state index contributed by atoms with van der Waals surface area (Å²) < 4.78 is 13.7. The van der Waals surface area contributed by atoms with Gasteiger partial charge in [-0.3, -0.25) is 4.79 Å². The standard InChI is InChI=1S/C15H22FNO2/c1-10-5-6-12(13(16)7-10)14(19)17-11(9-18)8-15(2,3)4/h5-7,11,18H,8-9H2,1-4H3,(H,17,19)/t11-/m1/s1. The largest absolute Gasteiger partial charge is 0.394 e. The lowest BCUT2D eigenvalue weighted by Crippen LogP contribution is -2.40. The second-order valence-electron chi connectivity index (χ2n) is 6.10. The maximum Gasteiger partial charge on any atom is 0.254 e. The smallest absolute Gasteiger partial charge is 0.254 e. The van der Waals surface area contributed by atoms with Gasteiger partial charge in [0, 0.05) is 0 Å². The molecule has 0 aromatic heterocycles. The van der Waals surface area contributed by atoms with Crippen LogP contribution in [-0.2, 0) is 0 Å². The Balaban J connectivity index is 2.77. The Hall–Kier alpha value is -1.42. The highest BCUT2D eigenvalue weighted by molar-refractivity contribution is 5.94. The Labute approximate surface area is 113 Å². The van der Waals surface area contributed by atoms with Gasteiger partial charge in [0.1, 0.15) is 5.82 Å². The minimum absolute atomic E-state index is 0.0120. The zero-order valence-electron chi connectivity index (χ0n) is 12.0. The molecular weight excluding hydrogens is 245 g/mol. The lowest BCUT2D eigenvalue weighted by Gasteiger charge is -2.25. The lowest BCUT2D eigenvalue weighted by atomic mass is 9.88. The highest BCUT2D eigenvalue weighted by Crippen LogP contribution is 2.21. The first-order valence-corrected chi connectivity index (χ1v) is 6.41. The van der Waals surface area contributed by atoms with E-state index in [-0.39, 0.29) is 23.6 Å². The molecule has 0 heterocycles. The van der Waals surface area contributed by atoms with Gasteiger partial charge in [0.15, 0.2) is 0 Å². The molecule has 2 N–H and O–H groups in total. The molecule has 0 spiro atoms. The first kappa shape index (κ1) is 15.6. The minimum Gasteiger partial charge on any atom is -0.394 e. The summed E-state index contributed by atoms with van der Waals surface area (Å²) >= 11 is 0. The number of nitrogens with one attached hydrogen (secondary N) is 1. The number of rotatable bonds is 4. The molecule has 1 rings (SSSR count). The summed E-state index contributed by atoms with van der Waals surface area (Å²) in [7, 11) is 0. The van der Waals surface area contributed by atoms with Crippen LogP contribution in [-0.4, -0.2) is 23.7 Å². The number of halogens is 1. The number of aryl methyl sites for hydroxylation is 1. The van der Waals surface area contributed by atoms with Gasteiger partial charge in [-0.25, -0.2) is 4.39 Å². The van der Waals surface area contributed by atoms with Crippen LogP contribution in [0.1, 0.15) is 43.1 Å². The molecule has 0 aliphatic carbocycles. The Morgan fingerprint density at radius 2 is 2.05 bits per heavy atom. The fraction of sp³-hybridized carbons (Fsp3) is 0.533. The predicted octanol–water partition coefficient (Wildman–Crippen LogP) is 2.66. The third-order valence-electron chi connectivity index (χ3n) is 2.78. The quantitative estimate of drug-likeness (QED) is 0.881. The van der Waals surface area contributed by atoms with Gasteiger partial charge in [-0.15, -0.1) is 0 Å². The van der Waals surface area contributed by atoms with E-state index >= 15 is 0 Å². The van der Waals surface area contributed by atoms with Gasteiger partial charge in [-0.1, -0.05) is 26.8 Å². The van der Waals surface area contributed by atoms with E-state index in [4.69, 9.17) is 0 Å². The van der Waals surface area contributed by atoms with Crippen LogP contribution >= 0.6 is 0 Å². The van der Waals surface area contributed by atoms with Gasteiger partial charge >= 0.3 is 0 Å². The van der Waals surface area contributed by atoms with Crippen molar-refractivity contribution in [2.24, 2.45) is 5.41 Å².